The molecular formula is C24H30F3N7O. The number of nitrogens with one attached hydrogen (secondary N) is 1. The van der Waals surface area contributed by atoms with Gasteiger partial charge in [-0.1, -0.05) is 0 Å². The highest BCUT2D eigenvalue weighted by Crippen LogP contribution is 2.57. The van der Waals surface area contributed by atoms with Crippen LogP contribution in [0.4, 0.5) is 18.0 Å². The van der Waals surface area contributed by atoms with Crippen LogP contribution in [0.2, 0.25) is 0 Å². The van der Waals surface area contributed by atoms with Gasteiger partial charge in [-0.3, -0.25) is 9.78 Å². The topological polar surface area (TPSA) is 82.9 Å². The lowest BCUT2D eigenvalue weighted by Crippen LogP contribution is -2.70. The molecule has 1 N–H and O–H groups in total. The Morgan fingerprint density at radius 3 is 2.31 bits per heavy atom. The molecule has 188 valence electrons. The van der Waals surface area contributed by atoms with Gasteiger partial charge in [0.05, 0.1) is 6.20 Å². The lowest BCUT2D eigenvalue weighted by molar-refractivity contribution is -0.142. The number of likely N-dealkylation sites (tertiary alicyclic amines) is 2. The Bertz CT molecular complexity index is 1120. The molecule has 0 radical (unpaired) electrons. The summed E-state index contributed by atoms with van der Waals surface area (Å²) in [5, 5.41) is 11.4. The van der Waals surface area contributed by atoms with E-state index < -0.39 is 12.7 Å². The first-order valence-electron chi connectivity index (χ1n) is 12.7. The maximum Gasteiger partial charge on any atom is 0.408 e. The van der Waals surface area contributed by atoms with Crippen molar-refractivity contribution in [2.24, 2.45) is 16.7 Å². The molecule has 2 amide bonds. The Hall–Kier alpha value is -2.59. The second-order valence-electron chi connectivity index (χ2n) is 12.1. The third-order valence-electron chi connectivity index (χ3n) is 8.85. The summed E-state index contributed by atoms with van der Waals surface area (Å²) in [5.74, 6) is 3.49. The standard InChI is InChI=1S/C24H30F3N7O/c25-24(26,27)14-34-9-16(8-28-34)3-15-4-22(5-15)10-32(11-22)21(35)33-12-23(13-33)6-18(7-23)20-29-19(30-31-20)17-1-2-17/h8-9,15,17-18H,1-7,10-14H2,(H,29,30,31). The quantitative estimate of drug-likeness (QED) is 0.695. The van der Waals surface area contributed by atoms with Crippen LogP contribution in [0.1, 0.15) is 67.6 Å². The largest absolute Gasteiger partial charge is 0.408 e. The molecule has 0 unspecified atom stereocenters. The molecule has 2 aromatic heterocycles. The lowest BCUT2D eigenvalue weighted by atomic mass is 9.56. The van der Waals surface area contributed by atoms with Crippen LogP contribution in [0.5, 0.6) is 0 Å². The summed E-state index contributed by atoms with van der Waals surface area (Å²) < 4.78 is 38.5. The zero-order chi connectivity index (χ0) is 24.0. The van der Waals surface area contributed by atoms with E-state index in [0.29, 0.717) is 17.8 Å². The van der Waals surface area contributed by atoms with Gasteiger partial charge in [0, 0.05) is 55.0 Å². The molecule has 3 saturated carbocycles. The Morgan fingerprint density at radius 1 is 1.03 bits per heavy atom. The molecule has 11 heteroatoms. The van der Waals surface area contributed by atoms with Crippen LogP contribution in [-0.4, -0.2) is 73.1 Å². The molecule has 4 heterocycles. The summed E-state index contributed by atoms with van der Waals surface area (Å²) in [6.07, 6.45) is 6.22. The van der Waals surface area contributed by atoms with Crippen LogP contribution in [0.3, 0.4) is 0 Å². The van der Waals surface area contributed by atoms with E-state index in [1.807, 2.05) is 9.80 Å². The van der Waals surface area contributed by atoms with Gasteiger partial charge < -0.3 is 9.80 Å². The van der Waals surface area contributed by atoms with Gasteiger partial charge in [-0.15, -0.1) is 0 Å². The van der Waals surface area contributed by atoms with Crippen molar-refractivity contribution in [1.82, 2.24) is 34.8 Å². The number of aromatic nitrogens is 5. The van der Waals surface area contributed by atoms with Crippen LogP contribution < -0.4 is 0 Å². The Kier molecular flexibility index (Phi) is 4.47. The minimum atomic E-state index is -4.25. The molecule has 0 aromatic carbocycles. The second-order valence-corrected chi connectivity index (χ2v) is 12.1. The molecule has 7 rings (SSSR count). The fraction of sp³-hybridized carbons (Fsp3) is 0.750. The Balaban J connectivity index is 0.832. The van der Waals surface area contributed by atoms with Crippen LogP contribution in [0, 0.1) is 16.7 Å². The van der Waals surface area contributed by atoms with E-state index >= 15 is 0 Å². The average molecular weight is 490 g/mol. The molecule has 8 nitrogen and oxygen atoms in total. The number of hydrogen-bond acceptors (Lipinski definition) is 4. The van der Waals surface area contributed by atoms with Gasteiger partial charge in [0.15, 0.2) is 5.82 Å². The zero-order valence-corrected chi connectivity index (χ0v) is 19.6. The predicted molar refractivity (Wildman–Crippen MR) is 118 cm³/mol. The monoisotopic (exact) mass is 489 g/mol. The average Bonchev–Trinajstić information content (AvgIpc) is 3.24. The zero-order valence-electron chi connectivity index (χ0n) is 19.6. The van der Waals surface area contributed by atoms with Crippen LogP contribution in [0.25, 0.3) is 0 Å². The van der Waals surface area contributed by atoms with Gasteiger partial charge in [0.2, 0.25) is 0 Å². The van der Waals surface area contributed by atoms with Crippen LogP contribution >= 0.6 is 0 Å². The number of alkyl halides is 3. The number of amides is 2. The van der Waals surface area contributed by atoms with Crippen molar-refractivity contribution in [2.45, 2.75) is 69.5 Å². The fourth-order valence-electron chi connectivity index (χ4n) is 7.12. The smallest absolute Gasteiger partial charge is 0.323 e. The number of H-pyrrole nitrogens is 1. The molecule has 2 saturated heterocycles. The molecule has 5 fully saturated rings. The minimum absolute atomic E-state index is 0.162. The van der Waals surface area contributed by atoms with E-state index in [1.54, 1.807) is 6.20 Å². The van der Waals surface area contributed by atoms with Crippen molar-refractivity contribution in [3.63, 3.8) is 0 Å². The van der Waals surface area contributed by atoms with E-state index in [9.17, 15) is 18.0 Å². The van der Waals surface area contributed by atoms with Crippen molar-refractivity contribution in [3.8, 4) is 0 Å². The summed E-state index contributed by atoms with van der Waals surface area (Å²) >= 11 is 0. The van der Waals surface area contributed by atoms with Gasteiger partial charge in [-0.05, 0) is 56.4 Å². The molecular weight excluding hydrogens is 459 g/mol. The normalized spacial score (nSPS) is 25.3. The van der Waals surface area contributed by atoms with E-state index in [2.05, 4.69) is 15.3 Å². The molecule has 3 aliphatic carbocycles. The number of halogens is 3. The number of urea groups is 1. The summed E-state index contributed by atoms with van der Waals surface area (Å²) in [4.78, 5) is 21.6. The van der Waals surface area contributed by atoms with E-state index in [4.69, 9.17) is 4.98 Å². The van der Waals surface area contributed by atoms with E-state index in [-0.39, 0.29) is 16.9 Å². The maximum atomic E-state index is 12.9. The first-order chi connectivity index (χ1) is 16.7. The van der Waals surface area contributed by atoms with Crippen molar-refractivity contribution in [2.75, 3.05) is 26.2 Å². The van der Waals surface area contributed by atoms with Crippen molar-refractivity contribution < 1.29 is 18.0 Å². The summed E-state index contributed by atoms with van der Waals surface area (Å²) in [7, 11) is 0. The number of carbonyl (C=O) groups is 1. The van der Waals surface area contributed by atoms with Gasteiger partial charge in [0.1, 0.15) is 12.4 Å². The third-order valence-corrected chi connectivity index (χ3v) is 8.85. The molecule has 2 aromatic rings. The van der Waals surface area contributed by atoms with Gasteiger partial charge in [-0.25, -0.2) is 9.78 Å². The highest BCUT2D eigenvalue weighted by atomic mass is 19.4. The highest BCUT2D eigenvalue weighted by molar-refractivity contribution is 5.77. The van der Waals surface area contributed by atoms with Gasteiger partial charge in [0.25, 0.3) is 0 Å². The molecule has 35 heavy (non-hydrogen) atoms. The number of rotatable bonds is 5. The Labute approximate surface area is 201 Å². The first-order valence-corrected chi connectivity index (χ1v) is 12.7. The SMILES string of the molecule is O=C(N1CC2(CC(Cc3cnn(CC(F)(F)F)c3)C2)C1)N1CC2(CC(c3n[nH]c(C4CC4)n3)C2)C1. The number of carbonyl (C=O) groups excluding carboxylic acids is 1. The summed E-state index contributed by atoms with van der Waals surface area (Å²) in [6.45, 7) is 2.26. The fourth-order valence-corrected chi connectivity index (χ4v) is 7.12. The molecule has 2 aliphatic heterocycles. The molecule has 2 spiro atoms. The van der Waals surface area contributed by atoms with Crippen molar-refractivity contribution >= 4 is 6.03 Å². The first kappa shape index (κ1) is 21.7. The maximum absolute atomic E-state index is 12.9. The van der Waals surface area contributed by atoms with Gasteiger partial charge >= 0.3 is 12.2 Å². The minimum Gasteiger partial charge on any atom is -0.323 e. The summed E-state index contributed by atoms with van der Waals surface area (Å²) in [6, 6.07) is 0.162. The second kappa shape index (κ2) is 7.22. The summed E-state index contributed by atoms with van der Waals surface area (Å²) in [5.41, 5.74) is 1.35. The van der Waals surface area contributed by atoms with E-state index in [0.717, 1.165) is 80.2 Å². The Morgan fingerprint density at radius 2 is 1.69 bits per heavy atom. The molecule has 0 bridgehead atoms. The molecule has 5 aliphatic rings. The molecule has 0 atom stereocenters. The predicted octanol–water partition coefficient (Wildman–Crippen LogP) is 3.70. The number of hydrogen-bond donors (Lipinski definition) is 1. The number of nitrogens with zero attached hydrogens (tertiary/aromatic N) is 6. The van der Waals surface area contributed by atoms with Crippen LogP contribution in [-0.2, 0) is 13.0 Å². The highest BCUT2D eigenvalue weighted by Gasteiger charge is 2.58. The van der Waals surface area contributed by atoms with Crippen molar-refractivity contribution in [1.29, 1.82) is 0 Å². The van der Waals surface area contributed by atoms with Gasteiger partial charge in [-0.2, -0.15) is 23.4 Å². The van der Waals surface area contributed by atoms with Crippen LogP contribution in [0.15, 0.2) is 12.4 Å². The van der Waals surface area contributed by atoms with E-state index in [1.165, 1.54) is 19.0 Å². The third kappa shape index (κ3) is 3.91. The lowest BCUT2D eigenvalue weighted by Gasteiger charge is -2.63. The number of aromatic amines is 1. The van der Waals surface area contributed by atoms with Crippen molar-refractivity contribution in [3.05, 3.63) is 29.6 Å².